The molecule has 0 aliphatic heterocycles. The van der Waals surface area contributed by atoms with Crippen molar-refractivity contribution in [3.8, 4) is 5.75 Å². The van der Waals surface area contributed by atoms with Gasteiger partial charge in [-0.1, -0.05) is 13.3 Å². The number of unbranched alkanes of at least 4 members (excludes halogenated alkanes) is 1. The molecule has 3 heteroatoms. The molecular formula is C16H24N2O. The number of benzene rings is 1. The van der Waals surface area contributed by atoms with Crippen molar-refractivity contribution in [1.29, 1.82) is 0 Å². The monoisotopic (exact) mass is 260 g/mol. The lowest BCUT2D eigenvalue weighted by Crippen LogP contribution is -2.20. The average molecular weight is 260 g/mol. The largest absolute Gasteiger partial charge is 0.494 e. The van der Waals surface area contributed by atoms with Crippen LogP contribution in [0.15, 0.2) is 30.5 Å². The normalized spacial score (nSPS) is 11.1. The SMILES string of the molecule is CCCCNCCn1ccc2cc(OCC)ccc21. The van der Waals surface area contributed by atoms with E-state index in [9.17, 15) is 0 Å². The molecule has 0 saturated carbocycles. The van der Waals surface area contributed by atoms with Gasteiger partial charge < -0.3 is 14.6 Å². The number of hydrogen-bond donors (Lipinski definition) is 1. The Balaban J connectivity index is 1.96. The van der Waals surface area contributed by atoms with E-state index in [-0.39, 0.29) is 0 Å². The summed E-state index contributed by atoms with van der Waals surface area (Å²) in [5.41, 5.74) is 1.28. The molecule has 1 N–H and O–H groups in total. The molecule has 0 atom stereocenters. The number of hydrogen-bond acceptors (Lipinski definition) is 2. The van der Waals surface area contributed by atoms with E-state index in [1.54, 1.807) is 0 Å². The Morgan fingerprint density at radius 1 is 1.16 bits per heavy atom. The van der Waals surface area contributed by atoms with Gasteiger partial charge in [-0.3, -0.25) is 0 Å². The van der Waals surface area contributed by atoms with Crippen molar-refractivity contribution in [2.45, 2.75) is 33.2 Å². The van der Waals surface area contributed by atoms with Crippen molar-refractivity contribution >= 4 is 10.9 Å². The second-order valence-electron chi connectivity index (χ2n) is 4.77. The molecule has 0 radical (unpaired) electrons. The van der Waals surface area contributed by atoms with Crippen LogP contribution < -0.4 is 10.1 Å². The quantitative estimate of drug-likeness (QED) is 0.736. The van der Waals surface area contributed by atoms with Crippen LogP contribution in [0.25, 0.3) is 10.9 Å². The molecule has 0 aliphatic rings. The summed E-state index contributed by atoms with van der Waals surface area (Å²) < 4.78 is 7.82. The van der Waals surface area contributed by atoms with Crippen LogP contribution in [0, 0.1) is 0 Å². The van der Waals surface area contributed by atoms with Gasteiger partial charge in [-0.25, -0.2) is 0 Å². The summed E-state index contributed by atoms with van der Waals surface area (Å²) in [6.45, 7) is 8.10. The Morgan fingerprint density at radius 3 is 2.84 bits per heavy atom. The molecule has 1 heterocycles. The molecule has 2 aromatic rings. The number of aromatic nitrogens is 1. The highest BCUT2D eigenvalue weighted by atomic mass is 16.5. The molecule has 1 aromatic carbocycles. The van der Waals surface area contributed by atoms with E-state index < -0.39 is 0 Å². The molecule has 0 unspecified atom stereocenters. The van der Waals surface area contributed by atoms with Gasteiger partial charge in [0.15, 0.2) is 0 Å². The van der Waals surface area contributed by atoms with Crippen LogP contribution in [0.5, 0.6) is 5.75 Å². The smallest absolute Gasteiger partial charge is 0.120 e. The van der Waals surface area contributed by atoms with Gasteiger partial charge in [0.25, 0.3) is 0 Å². The van der Waals surface area contributed by atoms with Gasteiger partial charge in [0.2, 0.25) is 0 Å². The van der Waals surface area contributed by atoms with Crippen molar-refractivity contribution in [2.75, 3.05) is 19.7 Å². The topological polar surface area (TPSA) is 26.2 Å². The van der Waals surface area contributed by atoms with Gasteiger partial charge in [-0.05, 0) is 44.2 Å². The van der Waals surface area contributed by atoms with Crippen molar-refractivity contribution < 1.29 is 4.74 Å². The van der Waals surface area contributed by atoms with E-state index in [4.69, 9.17) is 4.74 Å². The number of nitrogens with zero attached hydrogens (tertiary/aromatic N) is 1. The zero-order valence-electron chi connectivity index (χ0n) is 12.0. The van der Waals surface area contributed by atoms with Gasteiger partial charge >= 0.3 is 0 Å². The first-order valence-electron chi connectivity index (χ1n) is 7.27. The van der Waals surface area contributed by atoms with Crippen molar-refractivity contribution in [3.63, 3.8) is 0 Å². The van der Waals surface area contributed by atoms with Crippen LogP contribution in [-0.2, 0) is 6.54 Å². The van der Waals surface area contributed by atoms with Crippen LogP contribution in [0.1, 0.15) is 26.7 Å². The van der Waals surface area contributed by atoms with Crippen molar-refractivity contribution in [3.05, 3.63) is 30.5 Å². The van der Waals surface area contributed by atoms with Gasteiger partial charge in [-0.15, -0.1) is 0 Å². The summed E-state index contributed by atoms with van der Waals surface area (Å²) in [7, 11) is 0. The standard InChI is InChI=1S/C16H24N2O/c1-3-5-9-17-10-12-18-11-8-14-13-15(19-4-2)6-7-16(14)18/h6-8,11,13,17H,3-5,9-10,12H2,1-2H3. The second-order valence-corrected chi connectivity index (χ2v) is 4.77. The number of nitrogens with one attached hydrogen (secondary N) is 1. The van der Waals surface area contributed by atoms with E-state index in [1.165, 1.54) is 23.7 Å². The Labute approximate surface area is 115 Å². The lowest BCUT2D eigenvalue weighted by molar-refractivity contribution is 0.340. The molecule has 0 bridgehead atoms. The molecule has 0 amide bonds. The number of ether oxygens (including phenoxy) is 1. The summed E-state index contributed by atoms with van der Waals surface area (Å²) in [5.74, 6) is 0.953. The first-order chi connectivity index (χ1) is 9.35. The Kier molecular flexibility index (Phi) is 5.28. The summed E-state index contributed by atoms with van der Waals surface area (Å²) in [6, 6.07) is 8.46. The first-order valence-corrected chi connectivity index (χ1v) is 7.27. The van der Waals surface area contributed by atoms with E-state index in [0.29, 0.717) is 6.61 Å². The molecule has 3 nitrogen and oxygen atoms in total. The minimum Gasteiger partial charge on any atom is -0.494 e. The summed E-state index contributed by atoms with van der Waals surface area (Å²) in [6.07, 6.45) is 4.66. The predicted molar refractivity (Wildman–Crippen MR) is 80.9 cm³/mol. The van der Waals surface area contributed by atoms with Gasteiger partial charge in [-0.2, -0.15) is 0 Å². The highest BCUT2D eigenvalue weighted by molar-refractivity contribution is 5.81. The summed E-state index contributed by atoms with van der Waals surface area (Å²) >= 11 is 0. The molecule has 2 rings (SSSR count). The van der Waals surface area contributed by atoms with Crippen molar-refractivity contribution in [1.82, 2.24) is 9.88 Å². The van der Waals surface area contributed by atoms with Gasteiger partial charge in [0.1, 0.15) is 5.75 Å². The summed E-state index contributed by atoms with van der Waals surface area (Å²) in [4.78, 5) is 0. The highest BCUT2D eigenvalue weighted by Gasteiger charge is 2.02. The van der Waals surface area contributed by atoms with E-state index in [0.717, 1.165) is 25.4 Å². The fourth-order valence-corrected chi connectivity index (χ4v) is 2.26. The lowest BCUT2D eigenvalue weighted by Gasteiger charge is -2.08. The lowest BCUT2D eigenvalue weighted by atomic mass is 10.2. The first kappa shape index (κ1) is 13.9. The molecular weight excluding hydrogens is 236 g/mol. The maximum Gasteiger partial charge on any atom is 0.120 e. The molecule has 19 heavy (non-hydrogen) atoms. The predicted octanol–water partition coefficient (Wildman–Crippen LogP) is 3.43. The van der Waals surface area contributed by atoms with Crippen LogP contribution in [0.4, 0.5) is 0 Å². The number of rotatable bonds is 8. The third kappa shape index (κ3) is 3.74. The third-order valence-corrected chi connectivity index (χ3v) is 3.29. The van der Waals surface area contributed by atoms with Crippen molar-refractivity contribution in [2.24, 2.45) is 0 Å². The summed E-state index contributed by atoms with van der Waals surface area (Å²) in [5, 5.41) is 4.72. The third-order valence-electron chi connectivity index (χ3n) is 3.29. The van der Waals surface area contributed by atoms with E-state index in [2.05, 4.69) is 41.2 Å². The molecule has 1 aromatic heterocycles. The fourth-order valence-electron chi connectivity index (χ4n) is 2.26. The van der Waals surface area contributed by atoms with Gasteiger partial charge in [0.05, 0.1) is 6.61 Å². The maximum absolute atomic E-state index is 5.53. The second kappa shape index (κ2) is 7.19. The highest BCUT2D eigenvalue weighted by Crippen LogP contribution is 2.21. The fraction of sp³-hybridized carbons (Fsp3) is 0.500. The van der Waals surface area contributed by atoms with Crippen LogP contribution in [0.2, 0.25) is 0 Å². The minimum atomic E-state index is 0.716. The Bertz CT molecular complexity index is 504. The maximum atomic E-state index is 5.53. The minimum absolute atomic E-state index is 0.716. The van der Waals surface area contributed by atoms with Crippen LogP contribution in [-0.4, -0.2) is 24.3 Å². The molecule has 0 aliphatic carbocycles. The van der Waals surface area contributed by atoms with Crippen LogP contribution in [0.3, 0.4) is 0 Å². The van der Waals surface area contributed by atoms with E-state index in [1.807, 2.05) is 13.0 Å². The Morgan fingerprint density at radius 2 is 2.05 bits per heavy atom. The zero-order chi connectivity index (χ0) is 13.5. The average Bonchev–Trinajstić information content (AvgIpc) is 2.82. The molecule has 0 spiro atoms. The molecule has 0 saturated heterocycles. The van der Waals surface area contributed by atoms with Crippen LogP contribution >= 0.6 is 0 Å². The van der Waals surface area contributed by atoms with Gasteiger partial charge in [0, 0.05) is 30.2 Å². The zero-order valence-corrected chi connectivity index (χ0v) is 12.0. The number of fused-ring (bicyclic) bond motifs is 1. The van der Waals surface area contributed by atoms with E-state index >= 15 is 0 Å². The Hall–Kier alpha value is -1.48. The molecule has 0 fully saturated rings. The molecule has 104 valence electrons.